The summed E-state index contributed by atoms with van der Waals surface area (Å²) in [6.45, 7) is 8.26. The SMILES string of the molecule is CC(=O)CCC1CCCCN1Cc1ccc(C)c(C)c1. The van der Waals surface area contributed by atoms with Crippen LogP contribution in [0.2, 0.25) is 0 Å². The van der Waals surface area contributed by atoms with Crippen LogP contribution in [-0.2, 0) is 11.3 Å². The van der Waals surface area contributed by atoms with Gasteiger partial charge in [-0.2, -0.15) is 0 Å². The van der Waals surface area contributed by atoms with Gasteiger partial charge in [-0.3, -0.25) is 4.90 Å². The first-order valence-electron chi connectivity index (χ1n) is 7.86. The minimum Gasteiger partial charge on any atom is -0.300 e. The van der Waals surface area contributed by atoms with E-state index < -0.39 is 0 Å². The number of benzene rings is 1. The second-order valence-electron chi connectivity index (χ2n) is 6.28. The Balaban J connectivity index is 2.00. The highest BCUT2D eigenvalue weighted by molar-refractivity contribution is 5.75. The number of piperidine rings is 1. The first-order chi connectivity index (χ1) is 9.56. The molecule has 2 nitrogen and oxygen atoms in total. The van der Waals surface area contributed by atoms with Crippen molar-refractivity contribution in [2.45, 2.75) is 65.5 Å². The van der Waals surface area contributed by atoms with Crippen LogP contribution in [0.4, 0.5) is 0 Å². The third-order valence-corrected chi connectivity index (χ3v) is 4.54. The number of carbonyl (C=O) groups is 1. The van der Waals surface area contributed by atoms with Gasteiger partial charge in [0.1, 0.15) is 5.78 Å². The summed E-state index contributed by atoms with van der Waals surface area (Å²) in [5, 5.41) is 0. The van der Waals surface area contributed by atoms with Crippen molar-refractivity contribution in [3.8, 4) is 0 Å². The Morgan fingerprint density at radius 2 is 2.05 bits per heavy atom. The lowest BCUT2D eigenvalue weighted by Crippen LogP contribution is -2.39. The van der Waals surface area contributed by atoms with E-state index in [0.29, 0.717) is 11.8 Å². The molecule has 1 atom stereocenters. The minimum absolute atomic E-state index is 0.321. The molecule has 2 rings (SSSR count). The predicted octanol–water partition coefficient (Wildman–Crippen LogP) is 4.03. The zero-order valence-corrected chi connectivity index (χ0v) is 13.1. The van der Waals surface area contributed by atoms with Crippen molar-refractivity contribution in [2.75, 3.05) is 6.54 Å². The lowest BCUT2D eigenvalue weighted by Gasteiger charge is -2.36. The predicted molar refractivity (Wildman–Crippen MR) is 83.9 cm³/mol. The van der Waals surface area contributed by atoms with Crippen LogP contribution in [0.25, 0.3) is 0 Å². The lowest BCUT2D eigenvalue weighted by molar-refractivity contribution is -0.117. The van der Waals surface area contributed by atoms with Gasteiger partial charge in [0.05, 0.1) is 0 Å². The maximum atomic E-state index is 11.2. The Hall–Kier alpha value is -1.15. The molecule has 110 valence electrons. The van der Waals surface area contributed by atoms with Crippen molar-refractivity contribution in [1.29, 1.82) is 0 Å². The molecule has 0 N–H and O–H groups in total. The summed E-state index contributed by atoms with van der Waals surface area (Å²) in [5.74, 6) is 0.321. The summed E-state index contributed by atoms with van der Waals surface area (Å²) in [5.41, 5.74) is 4.14. The van der Waals surface area contributed by atoms with Crippen LogP contribution < -0.4 is 0 Å². The largest absolute Gasteiger partial charge is 0.300 e. The van der Waals surface area contributed by atoms with Gasteiger partial charge >= 0.3 is 0 Å². The second-order valence-corrected chi connectivity index (χ2v) is 6.28. The summed E-state index contributed by atoms with van der Waals surface area (Å²) < 4.78 is 0. The van der Waals surface area contributed by atoms with E-state index in [9.17, 15) is 4.79 Å². The smallest absolute Gasteiger partial charge is 0.129 e. The monoisotopic (exact) mass is 273 g/mol. The molecule has 0 aromatic heterocycles. The van der Waals surface area contributed by atoms with Crippen LogP contribution in [0.1, 0.15) is 55.7 Å². The number of carbonyl (C=O) groups excluding carboxylic acids is 1. The number of hydrogen-bond acceptors (Lipinski definition) is 2. The van der Waals surface area contributed by atoms with Crippen molar-refractivity contribution < 1.29 is 4.79 Å². The van der Waals surface area contributed by atoms with E-state index in [1.807, 2.05) is 0 Å². The number of likely N-dealkylation sites (tertiary alicyclic amines) is 1. The summed E-state index contributed by atoms with van der Waals surface area (Å²) in [6.07, 6.45) is 5.61. The Kier molecular flexibility index (Phi) is 5.36. The van der Waals surface area contributed by atoms with Gasteiger partial charge < -0.3 is 4.79 Å². The standard InChI is InChI=1S/C18H27NO/c1-14-7-9-17(12-15(14)2)13-19-11-5-4-6-18(19)10-8-16(3)20/h7,9,12,18H,4-6,8,10-11,13H2,1-3H3. The molecule has 1 aliphatic rings. The maximum absolute atomic E-state index is 11.2. The molecule has 1 aromatic rings. The van der Waals surface area contributed by atoms with E-state index in [4.69, 9.17) is 0 Å². The van der Waals surface area contributed by atoms with E-state index >= 15 is 0 Å². The molecule has 1 fully saturated rings. The average Bonchev–Trinajstić information content (AvgIpc) is 2.42. The number of hydrogen-bond donors (Lipinski definition) is 0. The van der Waals surface area contributed by atoms with Crippen LogP contribution in [-0.4, -0.2) is 23.3 Å². The fourth-order valence-electron chi connectivity index (χ4n) is 3.10. The number of nitrogens with zero attached hydrogens (tertiary/aromatic N) is 1. The van der Waals surface area contributed by atoms with E-state index in [-0.39, 0.29) is 0 Å². The van der Waals surface area contributed by atoms with Gasteiger partial charge in [-0.05, 0) is 63.3 Å². The fraction of sp³-hybridized carbons (Fsp3) is 0.611. The molecule has 1 aromatic carbocycles. The highest BCUT2D eigenvalue weighted by Crippen LogP contribution is 2.23. The molecule has 0 bridgehead atoms. The van der Waals surface area contributed by atoms with Gasteiger partial charge in [-0.25, -0.2) is 0 Å². The molecule has 1 aliphatic heterocycles. The van der Waals surface area contributed by atoms with Crippen molar-refractivity contribution in [3.63, 3.8) is 0 Å². The lowest BCUT2D eigenvalue weighted by atomic mass is 9.96. The number of aryl methyl sites for hydroxylation is 2. The Bertz CT molecular complexity index is 466. The third-order valence-electron chi connectivity index (χ3n) is 4.54. The molecule has 1 heterocycles. The normalized spacial score (nSPS) is 20.1. The number of Topliss-reactive ketones (excluding diaryl/α,β-unsaturated/α-hetero) is 1. The Morgan fingerprint density at radius 1 is 1.25 bits per heavy atom. The number of rotatable bonds is 5. The minimum atomic E-state index is 0.321. The van der Waals surface area contributed by atoms with Crippen molar-refractivity contribution in [2.24, 2.45) is 0 Å². The fourth-order valence-corrected chi connectivity index (χ4v) is 3.10. The first-order valence-corrected chi connectivity index (χ1v) is 7.86. The van der Waals surface area contributed by atoms with Gasteiger partial charge in [-0.15, -0.1) is 0 Å². The van der Waals surface area contributed by atoms with Gasteiger partial charge in [0.2, 0.25) is 0 Å². The zero-order chi connectivity index (χ0) is 14.5. The topological polar surface area (TPSA) is 20.3 Å². The zero-order valence-electron chi connectivity index (χ0n) is 13.1. The van der Waals surface area contributed by atoms with E-state index in [1.54, 1.807) is 6.92 Å². The first kappa shape index (κ1) is 15.2. The highest BCUT2D eigenvalue weighted by Gasteiger charge is 2.22. The van der Waals surface area contributed by atoms with Crippen LogP contribution in [0, 0.1) is 13.8 Å². The summed E-state index contributed by atoms with van der Waals surface area (Å²) >= 11 is 0. The molecule has 0 saturated carbocycles. The molecule has 0 radical (unpaired) electrons. The Labute approximate surface area is 123 Å². The average molecular weight is 273 g/mol. The second kappa shape index (κ2) is 7.03. The van der Waals surface area contributed by atoms with E-state index in [0.717, 1.165) is 19.4 Å². The molecule has 1 saturated heterocycles. The molecule has 0 aliphatic carbocycles. The number of ketones is 1. The van der Waals surface area contributed by atoms with Gasteiger partial charge in [0.25, 0.3) is 0 Å². The summed E-state index contributed by atoms with van der Waals surface area (Å²) in [4.78, 5) is 13.8. The maximum Gasteiger partial charge on any atom is 0.129 e. The third kappa shape index (κ3) is 4.17. The van der Waals surface area contributed by atoms with Crippen molar-refractivity contribution >= 4 is 5.78 Å². The van der Waals surface area contributed by atoms with Crippen molar-refractivity contribution in [1.82, 2.24) is 4.90 Å². The molecule has 20 heavy (non-hydrogen) atoms. The van der Waals surface area contributed by atoms with Crippen LogP contribution in [0.3, 0.4) is 0 Å². The highest BCUT2D eigenvalue weighted by atomic mass is 16.1. The summed E-state index contributed by atoms with van der Waals surface area (Å²) in [7, 11) is 0. The quantitative estimate of drug-likeness (QED) is 0.807. The molecule has 0 spiro atoms. The van der Waals surface area contributed by atoms with Gasteiger partial charge in [0, 0.05) is 19.0 Å². The molecule has 1 unspecified atom stereocenters. The van der Waals surface area contributed by atoms with Crippen LogP contribution in [0.15, 0.2) is 18.2 Å². The van der Waals surface area contributed by atoms with E-state index in [1.165, 1.54) is 42.5 Å². The van der Waals surface area contributed by atoms with Crippen molar-refractivity contribution in [3.05, 3.63) is 34.9 Å². The summed E-state index contributed by atoms with van der Waals surface area (Å²) in [6, 6.07) is 7.37. The Morgan fingerprint density at radius 3 is 2.75 bits per heavy atom. The van der Waals surface area contributed by atoms with Crippen LogP contribution >= 0.6 is 0 Å². The molecule has 2 heteroatoms. The molecular formula is C18H27NO. The molecular weight excluding hydrogens is 246 g/mol. The van der Waals surface area contributed by atoms with Gasteiger partial charge in [0.15, 0.2) is 0 Å². The van der Waals surface area contributed by atoms with E-state index in [2.05, 4.69) is 36.9 Å². The molecule has 0 amide bonds. The van der Waals surface area contributed by atoms with Crippen LogP contribution in [0.5, 0.6) is 0 Å². The van der Waals surface area contributed by atoms with Gasteiger partial charge in [-0.1, -0.05) is 24.6 Å².